The van der Waals surface area contributed by atoms with Gasteiger partial charge in [0.25, 0.3) is 0 Å². The molecule has 0 amide bonds. The third-order valence-electron chi connectivity index (χ3n) is 5.43. The van der Waals surface area contributed by atoms with Gasteiger partial charge in [0, 0.05) is 35.5 Å². The molecular formula is C20H22O6. The summed E-state index contributed by atoms with van der Waals surface area (Å²) < 4.78 is 11.2. The van der Waals surface area contributed by atoms with Crippen molar-refractivity contribution >= 4 is 17.5 Å². The zero-order chi connectivity index (χ0) is 19.2. The molecule has 26 heavy (non-hydrogen) atoms. The summed E-state index contributed by atoms with van der Waals surface area (Å²) in [6, 6.07) is 0. The number of aliphatic hydroxyl groups is 1. The van der Waals surface area contributed by atoms with Gasteiger partial charge in [0.2, 0.25) is 5.78 Å². The van der Waals surface area contributed by atoms with E-state index in [4.69, 9.17) is 9.47 Å². The highest BCUT2D eigenvalue weighted by atomic mass is 16.6. The van der Waals surface area contributed by atoms with Gasteiger partial charge in [0.15, 0.2) is 11.4 Å². The Hall–Kier alpha value is -2.47. The predicted octanol–water partition coefficient (Wildman–Crippen LogP) is 1.80. The molecule has 0 spiro atoms. The van der Waals surface area contributed by atoms with Crippen molar-refractivity contribution in [1.29, 1.82) is 0 Å². The van der Waals surface area contributed by atoms with E-state index in [9.17, 15) is 19.5 Å². The summed E-state index contributed by atoms with van der Waals surface area (Å²) in [7, 11) is 0. The van der Waals surface area contributed by atoms with Gasteiger partial charge in [-0.2, -0.15) is 0 Å². The predicted molar refractivity (Wildman–Crippen MR) is 92.8 cm³/mol. The number of fused-ring (bicyclic) bond motifs is 3. The number of carbonyl (C=O) groups excluding carboxylic acids is 3. The molecule has 0 radical (unpaired) electrons. The van der Waals surface area contributed by atoms with Crippen LogP contribution in [0.4, 0.5) is 0 Å². The normalized spacial score (nSPS) is 34.1. The van der Waals surface area contributed by atoms with Crippen molar-refractivity contribution in [2.45, 2.75) is 38.9 Å². The number of allylic oxidation sites excluding steroid dienone is 2. The Morgan fingerprint density at radius 3 is 2.77 bits per heavy atom. The molecule has 3 heterocycles. The maximum atomic E-state index is 13.0. The minimum atomic E-state index is -1.24. The van der Waals surface area contributed by atoms with Crippen LogP contribution in [-0.2, 0) is 23.9 Å². The summed E-state index contributed by atoms with van der Waals surface area (Å²) in [5.41, 5.74) is -0.142. The molecule has 3 aliphatic rings. The van der Waals surface area contributed by atoms with E-state index in [0.29, 0.717) is 11.1 Å². The van der Waals surface area contributed by atoms with Crippen molar-refractivity contribution in [3.63, 3.8) is 0 Å². The van der Waals surface area contributed by atoms with Crippen LogP contribution in [0.15, 0.2) is 47.3 Å². The van der Waals surface area contributed by atoms with E-state index in [-0.39, 0.29) is 35.9 Å². The van der Waals surface area contributed by atoms with Crippen LogP contribution >= 0.6 is 0 Å². The molecule has 3 rings (SSSR count). The first kappa shape index (κ1) is 18.3. The number of ether oxygens (including phenoxy) is 2. The summed E-state index contributed by atoms with van der Waals surface area (Å²) in [5.74, 6) is -2.07. The van der Waals surface area contributed by atoms with Gasteiger partial charge < -0.3 is 14.6 Å². The van der Waals surface area contributed by atoms with Gasteiger partial charge in [-0.3, -0.25) is 9.59 Å². The third-order valence-corrected chi connectivity index (χ3v) is 5.43. The lowest BCUT2D eigenvalue weighted by atomic mass is 9.73. The molecule has 6 nitrogen and oxygen atoms in total. The van der Waals surface area contributed by atoms with Crippen molar-refractivity contribution in [2.24, 2.45) is 11.8 Å². The molecule has 0 aliphatic carbocycles. The molecular weight excluding hydrogens is 336 g/mol. The van der Waals surface area contributed by atoms with E-state index in [1.807, 2.05) is 0 Å². The molecule has 1 fully saturated rings. The standard InChI is InChI=1S/C20H22O6/c1-5-10(2)18(23)13-8-20(4)16(22)7-14(26-20)12(9-21)6-15-17(13)11(3)19(24)25-15/h5-7,13,15,17,21H,3,8-9H2,1-2,4H3. The first-order valence-electron chi connectivity index (χ1n) is 8.55. The molecule has 0 aromatic rings. The van der Waals surface area contributed by atoms with E-state index in [1.165, 1.54) is 6.08 Å². The van der Waals surface area contributed by atoms with Crippen LogP contribution in [-0.4, -0.2) is 41.0 Å². The number of carbonyl (C=O) groups is 3. The summed E-state index contributed by atoms with van der Waals surface area (Å²) >= 11 is 0. The van der Waals surface area contributed by atoms with Gasteiger partial charge in [-0.15, -0.1) is 0 Å². The fourth-order valence-electron chi connectivity index (χ4n) is 3.76. The number of aliphatic hydroxyl groups excluding tert-OH is 1. The zero-order valence-corrected chi connectivity index (χ0v) is 15.1. The van der Waals surface area contributed by atoms with E-state index in [0.717, 1.165) is 0 Å². The average molecular weight is 358 g/mol. The lowest BCUT2D eigenvalue weighted by Crippen LogP contribution is -2.41. The van der Waals surface area contributed by atoms with E-state index >= 15 is 0 Å². The molecule has 3 aliphatic heterocycles. The summed E-state index contributed by atoms with van der Waals surface area (Å²) in [4.78, 5) is 37.7. The first-order chi connectivity index (χ1) is 12.2. The van der Waals surface area contributed by atoms with Crippen molar-refractivity contribution < 1.29 is 29.0 Å². The maximum absolute atomic E-state index is 13.0. The summed E-state index contributed by atoms with van der Waals surface area (Å²) in [6.07, 6.45) is 3.95. The topological polar surface area (TPSA) is 89.9 Å². The Balaban J connectivity index is 2.17. The van der Waals surface area contributed by atoms with Crippen LogP contribution in [0.5, 0.6) is 0 Å². The fourth-order valence-corrected chi connectivity index (χ4v) is 3.76. The van der Waals surface area contributed by atoms with Gasteiger partial charge >= 0.3 is 5.97 Å². The highest BCUT2D eigenvalue weighted by Gasteiger charge is 2.52. The number of rotatable bonds is 3. The van der Waals surface area contributed by atoms with Gasteiger partial charge in [-0.1, -0.05) is 12.7 Å². The first-order valence-corrected chi connectivity index (χ1v) is 8.55. The largest absolute Gasteiger partial charge is 0.479 e. The summed E-state index contributed by atoms with van der Waals surface area (Å²) in [6.45, 7) is 8.52. The molecule has 138 valence electrons. The number of esters is 1. The smallest absolute Gasteiger partial charge is 0.334 e. The monoisotopic (exact) mass is 358 g/mol. The number of hydrogen-bond donors (Lipinski definition) is 1. The van der Waals surface area contributed by atoms with E-state index in [1.54, 1.807) is 32.9 Å². The van der Waals surface area contributed by atoms with Crippen molar-refractivity contribution in [2.75, 3.05) is 6.61 Å². The van der Waals surface area contributed by atoms with Crippen LogP contribution in [0, 0.1) is 11.8 Å². The SMILES string of the molecule is C=C1C(=O)OC2C=C(CO)C3=CC(=O)C(C)(CC(C(=O)C(C)=CC)C12)O3. The second kappa shape index (κ2) is 6.36. The lowest BCUT2D eigenvalue weighted by molar-refractivity contribution is -0.138. The lowest BCUT2D eigenvalue weighted by Gasteiger charge is -2.31. The molecule has 0 aromatic carbocycles. The van der Waals surface area contributed by atoms with Crippen LogP contribution in [0.1, 0.15) is 27.2 Å². The second-order valence-electron chi connectivity index (χ2n) is 7.12. The van der Waals surface area contributed by atoms with Gasteiger partial charge in [-0.25, -0.2) is 4.79 Å². The Morgan fingerprint density at radius 1 is 1.46 bits per heavy atom. The fraction of sp³-hybridized carbons (Fsp3) is 0.450. The van der Waals surface area contributed by atoms with Crippen LogP contribution < -0.4 is 0 Å². The van der Waals surface area contributed by atoms with Crippen molar-refractivity contribution in [3.8, 4) is 0 Å². The Labute approximate surface area is 151 Å². The molecule has 1 N–H and O–H groups in total. The van der Waals surface area contributed by atoms with E-state index in [2.05, 4.69) is 6.58 Å². The van der Waals surface area contributed by atoms with E-state index < -0.39 is 29.5 Å². The molecule has 6 heteroatoms. The highest BCUT2D eigenvalue weighted by Crippen LogP contribution is 2.44. The summed E-state index contributed by atoms with van der Waals surface area (Å²) in [5, 5.41) is 9.70. The molecule has 4 atom stereocenters. The van der Waals surface area contributed by atoms with Gasteiger partial charge in [0.05, 0.1) is 6.61 Å². The average Bonchev–Trinajstić information content (AvgIpc) is 3.06. The molecule has 4 unspecified atom stereocenters. The Morgan fingerprint density at radius 2 is 2.15 bits per heavy atom. The number of ketones is 2. The minimum Gasteiger partial charge on any atom is -0.479 e. The maximum Gasteiger partial charge on any atom is 0.334 e. The van der Waals surface area contributed by atoms with Gasteiger partial charge in [0.1, 0.15) is 11.9 Å². The molecule has 2 bridgehead atoms. The van der Waals surface area contributed by atoms with Crippen molar-refractivity contribution in [1.82, 2.24) is 0 Å². The Bertz CT molecular complexity index is 799. The highest BCUT2D eigenvalue weighted by molar-refractivity contribution is 6.03. The van der Waals surface area contributed by atoms with Crippen LogP contribution in [0.2, 0.25) is 0 Å². The van der Waals surface area contributed by atoms with Crippen LogP contribution in [0.3, 0.4) is 0 Å². The zero-order valence-electron chi connectivity index (χ0n) is 15.1. The molecule has 1 saturated heterocycles. The number of hydrogen-bond acceptors (Lipinski definition) is 6. The van der Waals surface area contributed by atoms with Crippen molar-refractivity contribution in [3.05, 3.63) is 47.3 Å². The van der Waals surface area contributed by atoms with Gasteiger partial charge in [-0.05, 0) is 32.4 Å². The second-order valence-corrected chi connectivity index (χ2v) is 7.12. The minimum absolute atomic E-state index is 0.0965. The third kappa shape index (κ3) is 2.74. The molecule has 0 saturated carbocycles. The van der Waals surface area contributed by atoms with Crippen LogP contribution in [0.25, 0.3) is 0 Å². The molecule has 0 aromatic heterocycles. The number of Topliss-reactive ketones (excluding diaryl/α,β-unsaturated/α-hetero) is 1. The quantitative estimate of drug-likeness (QED) is 0.611. The Kier molecular flexibility index (Phi) is 4.48.